The summed E-state index contributed by atoms with van der Waals surface area (Å²) in [7, 11) is 0. The quantitative estimate of drug-likeness (QED) is 0.818. The largest absolute Gasteiger partial charge is 0.389 e. The summed E-state index contributed by atoms with van der Waals surface area (Å²) in [5.41, 5.74) is 0.0323. The van der Waals surface area contributed by atoms with Crippen molar-refractivity contribution in [2.45, 2.75) is 39.3 Å². The minimum atomic E-state index is -0.677. The van der Waals surface area contributed by atoms with Gasteiger partial charge in [0.25, 0.3) is 0 Å². The standard InChI is InChI=1S/C13H20N2OS/c1-4-10(2)13(3,16)9-15-7-12-5-11(6-14)8-17-12/h5,8,10,15-16H,4,7,9H2,1-3H3. The topological polar surface area (TPSA) is 56.0 Å². The van der Waals surface area contributed by atoms with E-state index >= 15 is 0 Å². The lowest BCUT2D eigenvalue weighted by molar-refractivity contribution is 0.00540. The van der Waals surface area contributed by atoms with Crippen molar-refractivity contribution in [3.63, 3.8) is 0 Å². The van der Waals surface area contributed by atoms with Gasteiger partial charge >= 0.3 is 0 Å². The molecule has 0 saturated heterocycles. The molecule has 94 valence electrons. The van der Waals surface area contributed by atoms with Crippen LogP contribution in [0.5, 0.6) is 0 Å². The summed E-state index contributed by atoms with van der Waals surface area (Å²) >= 11 is 1.57. The van der Waals surface area contributed by atoms with Gasteiger partial charge in [0, 0.05) is 23.3 Å². The minimum Gasteiger partial charge on any atom is -0.389 e. The zero-order chi connectivity index (χ0) is 12.9. The van der Waals surface area contributed by atoms with Gasteiger partial charge in [0.1, 0.15) is 6.07 Å². The van der Waals surface area contributed by atoms with Gasteiger partial charge in [-0.3, -0.25) is 0 Å². The van der Waals surface area contributed by atoms with Crippen molar-refractivity contribution in [2.75, 3.05) is 6.54 Å². The molecule has 0 bridgehead atoms. The third kappa shape index (κ3) is 4.12. The van der Waals surface area contributed by atoms with Gasteiger partial charge < -0.3 is 10.4 Å². The average molecular weight is 252 g/mol. The highest BCUT2D eigenvalue weighted by Crippen LogP contribution is 2.19. The molecule has 0 aliphatic carbocycles. The lowest BCUT2D eigenvalue weighted by Gasteiger charge is -2.29. The van der Waals surface area contributed by atoms with Crippen molar-refractivity contribution < 1.29 is 5.11 Å². The number of rotatable bonds is 6. The monoisotopic (exact) mass is 252 g/mol. The van der Waals surface area contributed by atoms with E-state index in [9.17, 15) is 5.11 Å². The van der Waals surface area contributed by atoms with Crippen LogP contribution in [0.1, 0.15) is 37.6 Å². The molecular formula is C13H20N2OS. The summed E-state index contributed by atoms with van der Waals surface area (Å²) in [6.07, 6.45) is 0.965. The molecule has 0 aliphatic rings. The molecule has 2 unspecified atom stereocenters. The Bertz CT molecular complexity index is 392. The molecule has 2 N–H and O–H groups in total. The van der Waals surface area contributed by atoms with Crippen LogP contribution in [0.25, 0.3) is 0 Å². The zero-order valence-corrected chi connectivity index (χ0v) is 11.5. The Morgan fingerprint density at radius 3 is 2.88 bits per heavy atom. The van der Waals surface area contributed by atoms with Gasteiger partial charge in [-0.25, -0.2) is 0 Å². The maximum atomic E-state index is 10.2. The second-order valence-electron chi connectivity index (χ2n) is 4.68. The van der Waals surface area contributed by atoms with Gasteiger partial charge in [0.15, 0.2) is 0 Å². The number of aliphatic hydroxyl groups is 1. The molecule has 1 heterocycles. The fourth-order valence-electron chi connectivity index (χ4n) is 1.58. The predicted molar refractivity (Wildman–Crippen MR) is 70.8 cm³/mol. The second kappa shape index (κ2) is 6.15. The molecule has 3 nitrogen and oxygen atoms in total. The number of nitriles is 1. The molecule has 0 aliphatic heterocycles. The molecule has 0 saturated carbocycles. The van der Waals surface area contributed by atoms with Gasteiger partial charge in [-0.15, -0.1) is 11.3 Å². The fourth-order valence-corrected chi connectivity index (χ4v) is 2.36. The Kier molecular flexibility index (Phi) is 5.13. The molecule has 0 radical (unpaired) electrons. The van der Waals surface area contributed by atoms with Crippen LogP contribution in [-0.2, 0) is 6.54 Å². The number of nitrogens with zero attached hydrogens (tertiary/aromatic N) is 1. The first-order valence-electron chi connectivity index (χ1n) is 5.90. The number of hydrogen-bond acceptors (Lipinski definition) is 4. The summed E-state index contributed by atoms with van der Waals surface area (Å²) in [5, 5.41) is 24.0. The molecule has 1 rings (SSSR count). The Morgan fingerprint density at radius 1 is 1.65 bits per heavy atom. The van der Waals surface area contributed by atoms with Crippen molar-refractivity contribution in [2.24, 2.45) is 5.92 Å². The van der Waals surface area contributed by atoms with Crippen LogP contribution in [0.2, 0.25) is 0 Å². The third-order valence-corrected chi connectivity index (χ3v) is 4.18. The lowest BCUT2D eigenvalue weighted by Crippen LogP contribution is -2.42. The van der Waals surface area contributed by atoms with E-state index in [1.54, 1.807) is 11.3 Å². The third-order valence-electron chi connectivity index (χ3n) is 3.24. The average Bonchev–Trinajstić information content (AvgIpc) is 2.75. The SMILES string of the molecule is CCC(C)C(C)(O)CNCc1cc(C#N)cs1. The number of nitrogens with one attached hydrogen (secondary N) is 1. The molecule has 2 atom stereocenters. The van der Waals surface area contributed by atoms with E-state index in [0.29, 0.717) is 18.7 Å². The van der Waals surface area contributed by atoms with E-state index in [1.165, 1.54) is 0 Å². The first-order chi connectivity index (χ1) is 7.99. The summed E-state index contributed by atoms with van der Waals surface area (Å²) < 4.78 is 0. The highest BCUT2D eigenvalue weighted by atomic mass is 32.1. The molecule has 0 fully saturated rings. The van der Waals surface area contributed by atoms with Gasteiger partial charge in [-0.1, -0.05) is 20.3 Å². The highest BCUT2D eigenvalue weighted by molar-refractivity contribution is 7.10. The Hall–Kier alpha value is -0.890. The minimum absolute atomic E-state index is 0.271. The number of hydrogen-bond donors (Lipinski definition) is 2. The predicted octanol–water partition coefficient (Wildman–Crippen LogP) is 2.51. The smallest absolute Gasteiger partial charge is 0.100 e. The summed E-state index contributed by atoms with van der Waals surface area (Å²) in [6.45, 7) is 7.28. The van der Waals surface area contributed by atoms with Gasteiger partial charge in [-0.2, -0.15) is 5.26 Å². The van der Waals surface area contributed by atoms with Gasteiger partial charge in [-0.05, 0) is 18.9 Å². The summed E-state index contributed by atoms with van der Waals surface area (Å²) in [4.78, 5) is 1.13. The summed E-state index contributed by atoms with van der Waals surface area (Å²) in [6, 6.07) is 4.00. The van der Waals surface area contributed by atoms with Crippen LogP contribution in [-0.4, -0.2) is 17.3 Å². The first-order valence-corrected chi connectivity index (χ1v) is 6.78. The van der Waals surface area contributed by atoms with E-state index in [2.05, 4.69) is 25.2 Å². The van der Waals surface area contributed by atoms with Crippen LogP contribution < -0.4 is 5.32 Å². The second-order valence-corrected chi connectivity index (χ2v) is 5.68. The molecule has 0 spiro atoms. The van der Waals surface area contributed by atoms with Crippen molar-refractivity contribution in [1.82, 2.24) is 5.32 Å². The zero-order valence-electron chi connectivity index (χ0n) is 10.7. The van der Waals surface area contributed by atoms with Gasteiger partial charge in [0.2, 0.25) is 0 Å². The fraction of sp³-hybridized carbons (Fsp3) is 0.615. The first kappa shape index (κ1) is 14.2. The van der Waals surface area contributed by atoms with Crippen LogP contribution in [0.15, 0.2) is 11.4 Å². The van der Waals surface area contributed by atoms with Crippen LogP contribution >= 0.6 is 11.3 Å². The van der Waals surface area contributed by atoms with E-state index in [0.717, 1.165) is 11.3 Å². The molecule has 0 aromatic carbocycles. The van der Waals surface area contributed by atoms with Crippen LogP contribution in [0, 0.1) is 17.2 Å². The van der Waals surface area contributed by atoms with Crippen molar-refractivity contribution in [3.8, 4) is 6.07 Å². The van der Waals surface area contributed by atoms with E-state index < -0.39 is 5.60 Å². The molecule has 17 heavy (non-hydrogen) atoms. The highest BCUT2D eigenvalue weighted by Gasteiger charge is 2.26. The van der Waals surface area contributed by atoms with E-state index in [-0.39, 0.29) is 5.92 Å². The van der Waals surface area contributed by atoms with Crippen molar-refractivity contribution in [3.05, 3.63) is 21.9 Å². The molecule has 0 amide bonds. The maximum Gasteiger partial charge on any atom is 0.100 e. The van der Waals surface area contributed by atoms with Crippen LogP contribution in [0.3, 0.4) is 0 Å². The number of thiophene rings is 1. The van der Waals surface area contributed by atoms with Gasteiger partial charge in [0.05, 0.1) is 11.2 Å². The summed E-state index contributed by atoms with van der Waals surface area (Å²) in [5.74, 6) is 0.271. The molecule has 1 aromatic rings. The molecular weight excluding hydrogens is 232 g/mol. The van der Waals surface area contributed by atoms with E-state index in [4.69, 9.17) is 5.26 Å². The lowest BCUT2D eigenvalue weighted by atomic mass is 9.89. The maximum absolute atomic E-state index is 10.2. The van der Waals surface area contributed by atoms with E-state index in [1.807, 2.05) is 18.4 Å². The Morgan fingerprint density at radius 2 is 2.35 bits per heavy atom. The van der Waals surface area contributed by atoms with Crippen molar-refractivity contribution >= 4 is 11.3 Å². The Labute approximate surface area is 107 Å². The Balaban J connectivity index is 2.40. The van der Waals surface area contributed by atoms with Crippen LogP contribution in [0.4, 0.5) is 0 Å². The molecule has 1 aromatic heterocycles. The van der Waals surface area contributed by atoms with Crippen molar-refractivity contribution in [1.29, 1.82) is 5.26 Å². The normalized spacial score (nSPS) is 16.2. The molecule has 4 heteroatoms.